The van der Waals surface area contributed by atoms with Crippen LogP contribution in [0.4, 0.5) is 10.6 Å². The molecule has 2 aliphatic rings. The van der Waals surface area contributed by atoms with Crippen LogP contribution in [0, 0.1) is 0 Å². The molecule has 0 bridgehead atoms. The molecule has 10 nitrogen and oxygen atoms in total. The number of anilines is 1. The van der Waals surface area contributed by atoms with E-state index < -0.39 is 5.60 Å². The monoisotopic (exact) mass is 465 g/mol. The van der Waals surface area contributed by atoms with Gasteiger partial charge in [0.2, 0.25) is 5.88 Å². The highest BCUT2D eigenvalue weighted by Crippen LogP contribution is 2.29. The largest absolute Gasteiger partial charge is 0.471 e. The predicted octanol–water partition coefficient (Wildman–Crippen LogP) is 3.41. The summed E-state index contributed by atoms with van der Waals surface area (Å²) in [5.74, 6) is 2.17. The lowest BCUT2D eigenvalue weighted by Gasteiger charge is -2.24. The number of hydrogen-bond donors (Lipinski definition) is 0. The highest BCUT2D eigenvalue weighted by atomic mass is 16.6. The lowest BCUT2D eigenvalue weighted by atomic mass is 10.2. The van der Waals surface area contributed by atoms with Gasteiger partial charge >= 0.3 is 6.09 Å². The zero-order chi connectivity index (χ0) is 23.9. The molecule has 2 aliphatic heterocycles. The van der Waals surface area contributed by atoms with Crippen LogP contribution in [0.2, 0.25) is 0 Å². The molecule has 0 saturated carbocycles. The Morgan fingerprint density at radius 3 is 2.59 bits per heavy atom. The number of rotatable bonds is 4. The van der Waals surface area contributed by atoms with Crippen molar-refractivity contribution in [3.63, 3.8) is 0 Å². The Labute approximate surface area is 198 Å². The molecule has 1 unspecified atom stereocenters. The number of likely N-dealkylation sites (tertiary alicyclic amines) is 1. The first-order valence-corrected chi connectivity index (χ1v) is 11.8. The highest BCUT2D eigenvalue weighted by molar-refractivity contribution is 5.81. The minimum atomic E-state index is -0.527. The number of carbonyl (C=O) groups is 1. The first-order valence-electron chi connectivity index (χ1n) is 11.8. The summed E-state index contributed by atoms with van der Waals surface area (Å²) in [4.78, 5) is 34.6. The summed E-state index contributed by atoms with van der Waals surface area (Å²) < 4.78 is 13.6. The molecule has 3 aromatic rings. The summed E-state index contributed by atoms with van der Waals surface area (Å²) >= 11 is 0. The molecule has 0 aliphatic carbocycles. The van der Waals surface area contributed by atoms with Crippen LogP contribution in [0.15, 0.2) is 24.7 Å². The molecule has 2 fully saturated rings. The number of pyridine rings is 1. The average Bonchev–Trinajstić information content (AvgIpc) is 3.54. The number of hydrogen-bond acceptors (Lipinski definition) is 8. The molecule has 0 spiro atoms. The number of aromatic nitrogens is 5. The summed E-state index contributed by atoms with van der Waals surface area (Å²) in [6, 6.07) is 4.10. The molecule has 3 aromatic heterocycles. The van der Waals surface area contributed by atoms with E-state index in [0.29, 0.717) is 36.6 Å². The molecule has 5 heterocycles. The predicted molar refractivity (Wildman–Crippen MR) is 128 cm³/mol. The van der Waals surface area contributed by atoms with E-state index in [2.05, 4.69) is 19.9 Å². The van der Waals surface area contributed by atoms with Crippen molar-refractivity contribution in [2.24, 2.45) is 7.05 Å². The van der Waals surface area contributed by atoms with Gasteiger partial charge in [-0.15, -0.1) is 0 Å². The van der Waals surface area contributed by atoms with Gasteiger partial charge in [0, 0.05) is 44.9 Å². The van der Waals surface area contributed by atoms with E-state index >= 15 is 0 Å². The molecule has 0 aromatic carbocycles. The Bertz CT molecular complexity index is 1180. The standard InChI is InChI=1S/C24H31N7O3/c1-24(2,3)34-23(32)31-12-9-17(14-31)33-22-19-21(26-15-27-22)29(4)20(28-19)16-7-8-18(25-13-16)30-10-5-6-11-30/h7-8,13,15,17H,5-6,9-12,14H2,1-4H3. The van der Waals surface area contributed by atoms with E-state index in [1.54, 1.807) is 4.90 Å². The van der Waals surface area contributed by atoms with Gasteiger partial charge < -0.3 is 23.8 Å². The van der Waals surface area contributed by atoms with Gasteiger partial charge in [-0.1, -0.05) is 0 Å². The van der Waals surface area contributed by atoms with Crippen molar-refractivity contribution in [1.29, 1.82) is 0 Å². The molecule has 34 heavy (non-hydrogen) atoms. The average molecular weight is 466 g/mol. The Hall–Kier alpha value is -3.43. The normalized spacial score (nSPS) is 18.6. The Morgan fingerprint density at radius 1 is 1.09 bits per heavy atom. The summed E-state index contributed by atoms with van der Waals surface area (Å²) in [7, 11) is 1.93. The molecule has 10 heteroatoms. The minimum absolute atomic E-state index is 0.183. The molecule has 180 valence electrons. The van der Waals surface area contributed by atoms with Crippen LogP contribution in [0.5, 0.6) is 5.88 Å². The first-order chi connectivity index (χ1) is 16.3. The SMILES string of the molecule is Cn1c(-c2ccc(N3CCCC3)nc2)nc2c(OC3CCN(C(=O)OC(C)(C)C)C3)ncnc21. The lowest BCUT2D eigenvalue weighted by molar-refractivity contribution is 0.0275. The van der Waals surface area contributed by atoms with Crippen molar-refractivity contribution < 1.29 is 14.3 Å². The lowest BCUT2D eigenvalue weighted by Crippen LogP contribution is -2.36. The van der Waals surface area contributed by atoms with E-state index in [4.69, 9.17) is 14.5 Å². The van der Waals surface area contributed by atoms with Gasteiger partial charge in [0.15, 0.2) is 11.2 Å². The van der Waals surface area contributed by atoms with Gasteiger partial charge in [-0.3, -0.25) is 0 Å². The van der Waals surface area contributed by atoms with E-state index in [0.717, 1.165) is 30.3 Å². The molecule has 2 saturated heterocycles. The first kappa shape index (κ1) is 22.4. The molecule has 1 amide bonds. The fourth-order valence-electron chi connectivity index (χ4n) is 4.45. The number of carbonyl (C=O) groups excluding carboxylic acids is 1. The minimum Gasteiger partial charge on any atom is -0.471 e. The number of amides is 1. The number of ether oxygens (including phenoxy) is 2. The summed E-state index contributed by atoms with van der Waals surface area (Å²) in [6.07, 6.45) is 5.97. The molecular weight excluding hydrogens is 434 g/mol. The van der Waals surface area contributed by atoms with E-state index in [9.17, 15) is 4.79 Å². The van der Waals surface area contributed by atoms with Crippen LogP contribution < -0.4 is 9.64 Å². The van der Waals surface area contributed by atoms with Crippen molar-refractivity contribution in [3.05, 3.63) is 24.7 Å². The van der Waals surface area contributed by atoms with Crippen molar-refractivity contribution in [2.75, 3.05) is 31.1 Å². The maximum atomic E-state index is 12.4. The zero-order valence-electron chi connectivity index (χ0n) is 20.2. The van der Waals surface area contributed by atoms with Crippen molar-refractivity contribution in [2.45, 2.75) is 51.7 Å². The molecule has 0 radical (unpaired) electrons. The van der Waals surface area contributed by atoms with Crippen LogP contribution >= 0.6 is 0 Å². The Balaban J connectivity index is 1.34. The van der Waals surface area contributed by atoms with Gasteiger partial charge in [0.1, 0.15) is 29.7 Å². The van der Waals surface area contributed by atoms with Crippen molar-refractivity contribution >= 4 is 23.1 Å². The third-order valence-electron chi connectivity index (χ3n) is 6.13. The number of nitrogens with zero attached hydrogens (tertiary/aromatic N) is 7. The van der Waals surface area contributed by atoms with Crippen molar-refractivity contribution in [1.82, 2.24) is 29.4 Å². The summed E-state index contributed by atoms with van der Waals surface area (Å²) in [5, 5.41) is 0. The van der Waals surface area contributed by atoms with Crippen LogP contribution in [0.1, 0.15) is 40.0 Å². The second-order valence-corrected chi connectivity index (χ2v) is 9.90. The zero-order valence-corrected chi connectivity index (χ0v) is 20.2. The topological polar surface area (TPSA) is 98.5 Å². The highest BCUT2D eigenvalue weighted by Gasteiger charge is 2.32. The molecule has 1 atom stereocenters. The number of imidazole rings is 1. The van der Waals surface area contributed by atoms with Gasteiger partial charge in [-0.05, 0) is 45.7 Å². The quantitative estimate of drug-likeness (QED) is 0.578. The van der Waals surface area contributed by atoms with Crippen LogP contribution in [-0.2, 0) is 11.8 Å². The van der Waals surface area contributed by atoms with E-state index in [1.807, 2.05) is 50.7 Å². The van der Waals surface area contributed by atoms with E-state index in [-0.39, 0.29) is 12.2 Å². The van der Waals surface area contributed by atoms with Gasteiger partial charge in [0.05, 0.1) is 6.54 Å². The molecular formula is C24H31N7O3. The fourth-order valence-corrected chi connectivity index (χ4v) is 4.45. The van der Waals surface area contributed by atoms with Crippen LogP contribution in [0.25, 0.3) is 22.6 Å². The fraction of sp³-hybridized carbons (Fsp3) is 0.542. The second kappa shape index (κ2) is 8.73. The third kappa shape index (κ3) is 4.49. The van der Waals surface area contributed by atoms with Gasteiger partial charge in [0.25, 0.3) is 0 Å². The number of aryl methyl sites for hydroxylation is 1. The van der Waals surface area contributed by atoms with Gasteiger partial charge in [-0.2, -0.15) is 4.98 Å². The summed E-state index contributed by atoms with van der Waals surface area (Å²) in [5.41, 5.74) is 1.66. The maximum absolute atomic E-state index is 12.4. The van der Waals surface area contributed by atoms with Crippen LogP contribution in [-0.4, -0.2) is 73.4 Å². The molecule has 5 rings (SSSR count). The van der Waals surface area contributed by atoms with Crippen molar-refractivity contribution in [3.8, 4) is 17.3 Å². The Morgan fingerprint density at radius 2 is 1.88 bits per heavy atom. The smallest absolute Gasteiger partial charge is 0.410 e. The maximum Gasteiger partial charge on any atom is 0.410 e. The van der Waals surface area contributed by atoms with Crippen LogP contribution in [0.3, 0.4) is 0 Å². The van der Waals surface area contributed by atoms with Gasteiger partial charge in [-0.25, -0.2) is 19.7 Å². The second-order valence-electron chi connectivity index (χ2n) is 9.90. The Kier molecular flexibility index (Phi) is 5.75. The third-order valence-corrected chi connectivity index (χ3v) is 6.13. The summed E-state index contributed by atoms with van der Waals surface area (Å²) in [6.45, 7) is 8.73. The molecule has 0 N–H and O–H groups in total. The van der Waals surface area contributed by atoms with E-state index in [1.165, 1.54) is 19.2 Å². The number of fused-ring (bicyclic) bond motifs is 1.